The monoisotopic (exact) mass is 267 g/mol. The zero-order valence-corrected chi connectivity index (χ0v) is 11.0. The molecule has 1 aromatic heterocycles. The van der Waals surface area contributed by atoms with Crippen LogP contribution in [-0.2, 0) is 9.84 Å². The summed E-state index contributed by atoms with van der Waals surface area (Å²) in [5, 5.41) is 3.92. The highest BCUT2D eigenvalue weighted by molar-refractivity contribution is 7.90. The van der Waals surface area contributed by atoms with E-state index in [1.807, 2.05) is 22.9 Å². The number of sulfone groups is 1. The fourth-order valence-corrected chi connectivity index (χ4v) is 2.96. The van der Waals surface area contributed by atoms with Crippen LogP contribution in [0.2, 0.25) is 0 Å². The van der Waals surface area contributed by atoms with Crippen molar-refractivity contribution in [3.05, 3.63) is 52.2 Å². The van der Waals surface area contributed by atoms with E-state index in [1.54, 1.807) is 29.5 Å². The molecular weight excluding hydrogens is 254 g/mol. The molecule has 0 aliphatic rings. The maximum atomic E-state index is 11.5. The van der Waals surface area contributed by atoms with Gasteiger partial charge in [0.1, 0.15) is 0 Å². The van der Waals surface area contributed by atoms with Crippen LogP contribution >= 0.6 is 11.3 Å². The van der Waals surface area contributed by atoms with E-state index in [4.69, 9.17) is 5.73 Å². The molecule has 0 aliphatic carbocycles. The van der Waals surface area contributed by atoms with Gasteiger partial charge in [0.2, 0.25) is 0 Å². The fourth-order valence-electron chi connectivity index (χ4n) is 1.58. The lowest BCUT2D eigenvalue weighted by Crippen LogP contribution is -2.11. The Bertz CT molecular complexity index is 603. The van der Waals surface area contributed by atoms with Gasteiger partial charge in [-0.15, -0.1) is 0 Å². The van der Waals surface area contributed by atoms with Gasteiger partial charge in [0.15, 0.2) is 9.84 Å². The van der Waals surface area contributed by atoms with Crippen molar-refractivity contribution >= 4 is 21.2 Å². The van der Waals surface area contributed by atoms with Gasteiger partial charge in [-0.3, -0.25) is 0 Å². The first kappa shape index (κ1) is 12.3. The van der Waals surface area contributed by atoms with Crippen LogP contribution in [0, 0.1) is 0 Å². The van der Waals surface area contributed by atoms with Crippen LogP contribution < -0.4 is 5.73 Å². The zero-order chi connectivity index (χ0) is 12.5. The summed E-state index contributed by atoms with van der Waals surface area (Å²) >= 11 is 1.57. The zero-order valence-electron chi connectivity index (χ0n) is 9.33. The third kappa shape index (κ3) is 2.74. The van der Waals surface area contributed by atoms with E-state index < -0.39 is 9.84 Å². The number of rotatable bonds is 3. The minimum atomic E-state index is -3.18. The smallest absolute Gasteiger partial charge is 0.175 e. The SMILES string of the molecule is CS(=O)(=O)c1cccc(C(N)c2ccsc2)c1. The maximum Gasteiger partial charge on any atom is 0.175 e. The lowest BCUT2D eigenvalue weighted by atomic mass is 10.0. The van der Waals surface area contributed by atoms with Gasteiger partial charge >= 0.3 is 0 Å². The van der Waals surface area contributed by atoms with Crippen LogP contribution in [-0.4, -0.2) is 14.7 Å². The average molecular weight is 267 g/mol. The van der Waals surface area contributed by atoms with E-state index in [1.165, 1.54) is 6.26 Å². The predicted molar refractivity (Wildman–Crippen MR) is 69.9 cm³/mol. The molecule has 90 valence electrons. The highest BCUT2D eigenvalue weighted by Gasteiger charge is 2.13. The van der Waals surface area contributed by atoms with Gasteiger partial charge in [-0.1, -0.05) is 12.1 Å². The normalized spacial score (nSPS) is 13.5. The lowest BCUT2D eigenvalue weighted by molar-refractivity contribution is 0.601. The lowest BCUT2D eigenvalue weighted by Gasteiger charge is -2.11. The fraction of sp³-hybridized carbons (Fsp3) is 0.167. The van der Waals surface area contributed by atoms with Crippen LogP contribution in [0.25, 0.3) is 0 Å². The Morgan fingerprint density at radius 3 is 2.59 bits per heavy atom. The van der Waals surface area contributed by atoms with E-state index in [-0.39, 0.29) is 6.04 Å². The molecular formula is C12H13NO2S2. The Hall–Kier alpha value is -1.17. The Kier molecular flexibility index (Phi) is 3.33. The second kappa shape index (κ2) is 4.60. The summed E-state index contributed by atoms with van der Waals surface area (Å²) < 4.78 is 22.9. The number of thiophene rings is 1. The summed E-state index contributed by atoms with van der Waals surface area (Å²) in [6, 6.07) is 8.46. The Morgan fingerprint density at radius 1 is 1.24 bits per heavy atom. The standard InChI is InChI=1S/C12H13NO2S2/c1-17(14,15)11-4-2-3-9(7-11)12(13)10-5-6-16-8-10/h2-8,12H,13H2,1H3. The molecule has 0 aliphatic heterocycles. The summed E-state index contributed by atoms with van der Waals surface area (Å²) in [6.45, 7) is 0. The molecule has 1 unspecified atom stereocenters. The Morgan fingerprint density at radius 2 is 2.00 bits per heavy atom. The van der Waals surface area contributed by atoms with Crippen molar-refractivity contribution in [1.29, 1.82) is 0 Å². The Labute approximate surface area is 105 Å². The van der Waals surface area contributed by atoms with Crippen LogP contribution in [0.1, 0.15) is 17.2 Å². The molecule has 0 spiro atoms. The van der Waals surface area contributed by atoms with Gasteiger partial charge in [0.05, 0.1) is 10.9 Å². The van der Waals surface area contributed by atoms with E-state index >= 15 is 0 Å². The number of hydrogen-bond donors (Lipinski definition) is 1. The molecule has 1 aromatic carbocycles. The molecule has 5 heteroatoms. The molecule has 2 rings (SSSR count). The van der Waals surface area contributed by atoms with E-state index in [9.17, 15) is 8.42 Å². The van der Waals surface area contributed by atoms with Crippen molar-refractivity contribution in [3.63, 3.8) is 0 Å². The third-order valence-corrected chi connectivity index (χ3v) is 4.36. The van der Waals surface area contributed by atoms with Crippen LogP contribution in [0.15, 0.2) is 46.0 Å². The molecule has 2 aromatic rings. The van der Waals surface area contributed by atoms with E-state index in [0.29, 0.717) is 4.90 Å². The first-order valence-electron chi connectivity index (χ1n) is 5.06. The highest BCUT2D eigenvalue weighted by Crippen LogP contribution is 2.23. The largest absolute Gasteiger partial charge is 0.320 e. The van der Waals surface area contributed by atoms with Crippen molar-refractivity contribution in [3.8, 4) is 0 Å². The van der Waals surface area contributed by atoms with Gasteiger partial charge in [0, 0.05) is 6.26 Å². The van der Waals surface area contributed by atoms with Gasteiger partial charge < -0.3 is 5.73 Å². The summed E-state index contributed by atoms with van der Waals surface area (Å²) in [6.07, 6.45) is 1.20. The molecule has 0 saturated heterocycles. The topological polar surface area (TPSA) is 60.2 Å². The van der Waals surface area contributed by atoms with E-state index in [0.717, 1.165) is 11.1 Å². The third-order valence-electron chi connectivity index (χ3n) is 2.55. The van der Waals surface area contributed by atoms with Crippen LogP contribution in [0.3, 0.4) is 0 Å². The van der Waals surface area contributed by atoms with Crippen LogP contribution in [0.4, 0.5) is 0 Å². The van der Waals surface area contributed by atoms with Crippen molar-refractivity contribution in [1.82, 2.24) is 0 Å². The predicted octanol–water partition coefficient (Wildman–Crippen LogP) is 2.20. The molecule has 2 N–H and O–H groups in total. The molecule has 0 radical (unpaired) electrons. The number of hydrogen-bond acceptors (Lipinski definition) is 4. The molecule has 0 fully saturated rings. The molecule has 3 nitrogen and oxygen atoms in total. The van der Waals surface area contributed by atoms with Gasteiger partial charge in [-0.2, -0.15) is 11.3 Å². The molecule has 0 amide bonds. The van der Waals surface area contributed by atoms with Gasteiger partial charge in [0.25, 0.3) is 0 Å². The minimum Gasteiger partial charge on any atom is -0.320 e. The van der Waals surface area contributed by atoms with Crippen molar-refractivity contribution in [2.75, 3.05) is 6.26 Å². The first-order chi connectivity index (χ1) is 7.98. The van der Waals surface area contributed by atoms with Crippen LogP contribution in [0.5, 0.6) is 0 Å². The molecule has 0 bridgehead atoms. The molecule has 1 heterocycles. The van der Waals surface area contributed by atoms with Crippen molar-refractivity contribution in [2.45, 2.75) is 10.9 Å². The number of benzene rings is 1. The molecule has 0 saturated carbocycles. The number of nitrogens with two attached hydrogens (primary N) is 1. The van der Waals surface area contributed by atoms with Gasteiger partial charge in [-0.25, -0.2) is 8.42 Å². The summed E-state index contributed by atoms with van der Waals surface area (Å²) in [7, 11) is -3.18. The van der Waals surface area contributed by atoms with E-state index in [2.05, 4.69) is 0 Å². The summed E-state index contributed by atoms with van der Waals surface area (Å²) in [5.41, 5.74) is 7.90. The molecule has 17 heavy (non-hydrogen) atoms. The quantitative estimate of drug-likeness (QED) is 0.927. The summed E-state index contributed by atoms with van der Waals surface area (Å²) in [5.74, 6) is 0. The van der Waals surface area contributed by atoms with Crippen molar-refractivity contribution in [2.24, 2.45) is 5.73 Å². The summed E-state index contributed by atoms with van der Waals surface area (Å²) in [4.78, 5) is 0.306. The minimum absolute atomic E-state index is 0.275. The maximum absolute atomic E-state index is 11.5. The molecule has 1 atom stereocenters. The first-order valence-corrected chi connectivity index (χ1v) is 7.89. The van der Waals surface area contributed by atoms with Crippen molar-refractivity contribution < 1.29 is 8.42 Å². The highest BCUT2D eigenvalue weighted by atomic mass is 32.2. The Balaban J connectivity index is 2.41. The second-order valence-electron chi connectivity index (χ2n) is 3.88. The second-order valence-corrected chi connectivity index (χ2v) is 6.67. The van der Waals surface area contributed by atoms with Gasteiger partial charge in [-0.05, 0) is 40.1 Å². The average Bonchev–Trinajstić information content (AvgIpc) is 2.80.